The normalized spacial score (nSPS) is 21.8. The Hall–Kier alpha value is -6.20. The molecule has 0 saturated carbocycles. The van der Waals surface area contributed by atoms with Crippen molar-refractivity contribution in [1.82, 2.24) is 38.8 Å². The second-order valence-corrected chi connectivity index (χ2v) is 20.4. The van der Waals surface area contributed by atoms with E-state index in [9.17, 15) is 52.4 Å². The lowest BCUT2D eigenvalue weighted by Crippen LogP contribution is -2.35. The number of halogens is 1. The van der Waals surface area contributed by atoms with Gasteiger partial charge in [0.25, 0.3) is 16.7 Å². The number of carbonyl (C=O) groups is 2. The largest absolute Gasteiger partial charge is 0.480 e. The molecule has 0 fully saturated rings. The van der Waals surface area contributed by atoms with Gasteiger partial charge in [-0.15, -0.1) is 0 Å². The fraction of sp³-hybridized carbons (Fsp3) is 0.409. The minimum absolute atomic E-state index is 0. The molecule has 0 aliphatic carbocycles. The molecular formula is C44H57BrN8O20P2. The lowest BCUT2D eigenvalue weighted by molar-refractivity contribution is -0.142. The Labute approximate surface area is 433 Å². The van der Waals surface area contributed by atoms with Crippen molar-refractivity contribution in [3.8, 4) is 5.75 Å². The zero-order valence-electron chi connectivity index (χ0n) is 40.1. The number of hydrogen-bond acceptors (Lipinski definition) is 18. The standard InChI is InChI=1S/C20H23BrN3O8P.C13H18N3O8P.C10H12N2O4.CH4/c1-12-10-24(20(27)22-18(12)25)17-9-8-16(31-17)11-30-33(28,23-13(2)19(26)29-3)32-15-6-4-14(21)5-7-15;1-7-5-16(13(20)14-11(7)17)10-4-3-9(24-10)6-23-25(21,22)15-8(2)12(18)19;1-6-4-12(10(15)11-9(6)14)8-3-2-7(5-13)16-8;/h4-10,13,16-17H,11H2,1-3H3,(H,23,28)(H,22,25,27);3-5,8-10H,6H2,1-2H3,(H,18,19)(H,14,17,20)(H2,15,21,22);2-4,7-8,13H,5H2,1H3,(H,11,14,15);1H4/t13-,16-,17+,33?;8-,9-,10+;7-,8+;/m000./s1. The van der Waals surface area contributed by atoms with Gasteiger partial charge in [0, 0.05) is 39.8 Å². The Bertz CT molecular complexity index is 3220. The van der Waals surface area contributed by atoms with Crippen LogP contribution in [-0.4, -0.2) is 113 Å². The van der Waals surface area contributed by atoms with E-state index in [0.29, 0.717) is 16.7 Å². The summed E-state index contributed by atoms with van der Waals surface area (Å²) in [5, 5.41) is 22.1. The number of nitrogens with zero attached hydrogens (tertiary/aromatic N) is 3. The number of nitrogens with one attached hydrogen (secondary N) is 5. The van der Waals surface area contributed by atoms with Gasteiger partial charge < -0.3 is 38.6 Å². The molecule has 0 spiro atoms. The van der Waals surface area contributed by atoms with Gasteiger partial charge in [-0.2, -0.15) is 5.09 Å². The number of methoxy groups -OCH3 is 1. The number of rotatable bonds is 18. The Balaban J connectivity index is 0.000000256. The highest BCUT2D eigenvalue weighted by molar-refractivity contribution is 9.10. The minimum Gasteiger partial charge on any atom is -0.480 e. The predicted octanol–water partition coefficient (Wildman–Crippen LogP) is 1.82. The second-order valence-electron chi connectivity index (χ2n) is 16.2. The van der Waals surface area contributed by atoms with Gasteiger partial charge in [0.1, 0.15) is 36.1 Å². The Morgan fingerprint density at radius 3 is 1.47 bits per heavy atom. The van der Waals surface area contributed by atoms with E-state index in [-0.39, 0.29) is 33.0 Å². The second kappa shape index (κ2) is 27.0. The maximum atomic E-state index is 13.4. The lowest BCUT2D eigenvalue weighted by Gasteiger charge is -2.24. The number of carbonyl (C=O) groups excluding carboxylic acids is 1. The van der Waals surface area contributed by atoms with Gasteiger partial charge in [-0.25, -0.2) is 28.6 Å². The number of H-pyrrole nitrogens is 3. The Morgan fingerprint density at radius 2 is 1.08 bits per heavy atom. The molecule has 3 aliphatic heterocycles. The minimum atomic E-state index is -4.33. The number of carboxylic acid groups (broad SMARTS) is 1. The van der Waals surface area contributed by atoms with Gasteiger partial charge in [0.05, 0.1) is 26.9 Å². The first-order chi connectivity index (χ1) is 34.8. The molecule has 3 aromatic heterocycles. The van der Waals surface area contributed by atoms with E-state index in [2.05, 4.69) is 40.7 Å². The van der Waals surface area contributed by atoms with E-state index in [1.54, 1.807) is 62.4 Å². The highest BCUT2D eigenvalue weighted by atomic mass is 79.9. The summed E-state index contributed by atoms with van der Waals surface area (Å²) in [5.41, 5.74) is -2.08. The molecule has 28 nitrogen and oxygen atoms in total. The van der Waals surface area contributed by atoms with Gasteiger partial charge in [0.15, 0.2) is 18.7 Å². The fourth-order valence-electron chi connectivity index (χ4n) is 6.43. The van der Waals surface area contributed by atoms with Crippen molar-refractivity contribution >= 4 is 43.4 Å². The molecule has 4 aromatic rings. The summed E-state index contributed by atoms with van der Waals surface area (Å²) in [6.07, 6.45) is 9.85. The average Bonchev–Trinajstić information content (AvgIpc) is 4.14. The molecule has 3 aliphatic rings. The number of carboxylic acids is 1. The maximum Gasteiger partial charge on any atom is 0.459 e. The molecule has 0 radical (unpaired) electrons. The maximum absolute atomic E-state index is 13.4. The van der Waals surface area contributed by atoms with Gasteiger partial charge in [-0.1, -0.05) is 41.6 Å². The van der Waals surface area contributed by atoms with Crippen LogP contribution in [0.25, 0.3) is 0 Å². The highest BCUT2D eigenvalue weighted by Crippen LogP contribution is 2.46. The fourth-order valence-corrected chi connectivity index (χ4v) is 9.22. The van der Waals surface area contributed by atoms with Crippen molar-refractivity contribution in [2.45, 2.75) is 91.1 Å². The van der Waals surface area contributed by atoms with Gasteiger partial charge in [0.2, 0.25) is 0 Å². The number of aliphatic hydroxyl groups is 1. The van der Waals surface area contributed by atoms with Crippen molar-refractivity contribution in [1.29, 1.82) is 0 Å². The van der Waals surface area contributed by atoms with Crippen LogP contribution in [0.3, 0.4) is 0 Å². The third kappa shape index (κ3) is 17.4. The summed E-state index contributed by atoms with van der Waals surface area (Å²) in [7, 11) is -7.17. The molecule has 31 heteroatoms. The third-order valence-electron chi connectivity index (χ3n) is 10.3. The van der Waals surface area contributed by atoms with E-state index in [0.717, 1.165) is 9.04 Å². The molecule has 10 atom stereocenters. The molecule has 2 unspecified atom stereocenters. The molecule has 410 valence electrons. The van der Waals surface area contributed by atoms with E-state index < -0.39 is 110 Å². The number of hydrogen-bond donors (Lipinski definition) is 8. The number of aromatic amines is 3. The number of benzene rings is 1. The van der Waals surface area contributed by atoms with Crippen LogP contribution in [0.5, 0.6) is 5.75 Å². The molecule has 0 bridgehead atoms. The third-order valence-corrected chi connectivity index (χ3v) is 13.7. The van der Waals surface area contributed by atoms with Crippen LogP contribution in [0.2, 0.25) is 0 Å². The summed E-state index contributed by atoms with van der Waals surface area (Å²) in [4.78, 5) is 108. The van der Waals surface area contributed by atoms with Crippen molar-refractivity contribution in [2.24, 2.45) is 0 Å². The summed E-state index contributed by atoms with van der Waals surface area (Å²) in [6.45, 7) is 6.68. The van der Waals surface area contributed by atoms with E-state index >= 15 is 0 Å². The highest BCUT2D eigenvalue weighted by Gasteiger charge is 2.35. The van der Waals surface area contributed by atoms with Gasteiger partial charge >= 0.3 is 44.5 Å². The van der Waals surface area contributed by atoms with Crippen LogP contribution >= 0.6 is 31.4 Å². The van der Waals surface area contributed by atoms with Gasteiger partial charge in [-0.05, 0) is 77.1 Å². The number of aliphatic hydroxyl groups excluding tert-OH is 1. The van der Waals surface area contributed by atoms with E-state index in [4.69, 9.17) is 38.0 Å². The molecule has 0 amide bonds. The monoisotopic (exact) mass is 1160 g/mol. The van der Waals surface area contributed by atoms with Crippen LogP contribution < -0.4 is 48.4 Å². The molecule has 1 aromatic carbocycles. The lowest BCUT2D eigenvalue weighted by atomic mass is 10.3. The molecular weight excluding hydrogens is 1100 g/mol. The average molecular weight is 1160 g/mol. The topological polar surface area (TPSA) is 382 Å². The van der Waals surface area contributed by atoms with E-state index in [1.165, 1.54) is 67.8 Å². The van der Waals surface area contributed by atoms with Crippen molar-refractivity contribution in [3.63, 3.8) is 0 Å². The number of aromatic nitrogens is 6. The number of aliphatic carboxylic acids is 1. The first-order valence-corrected chi connectivity index (χ1v) is 25.8. The van der Waals surface area contributed by atoms with Crippen LogP contribution in [0.1, 0.15) is 56.6 Å². The zero-order chi connectivity index (χ0) is 54.7. The first kappa shape index (κ1) is 61.3. The summed E-state index contributed by atoms with van der Waals surface area (Å²) in [6, 6.07) is 4.30. The van der Waals surface area contributed by atoms with Crippen LogP contribution in [0.15, 0.2) is 113 Å². The van der Waals surface area contributed by atoms with Crippen molar-refractivity contribution in [3.05, 3.63) is 163 Å². The Morgan fingerprint density at radius 1 is 0.680 bits per heavy atom. The Kier molecular flexibility index (Phi) is 22.1. The smallest absolute Gasteiger partial charge is 0.459 e. The SMILES string of the molecule is C.COC(=O)[C@H](C)NP(=O)(OC[C@@H]1C=C[C@H](n2cc(C)c(=O)[nH]c2=O)O1)Oc1ccc(Br)cc1.Cc1cn([C@H]2C=C[C@@H](CO)O2)c(=O)[nH]c1=O.Cc1cn([C@H]2C=C[C@@H](COP(=O)(O)N[C@@H](C)C(=O)O)O2)c(=O)[nH]c1=O. The van der Waals surface area contributed by atoms with E-state index in [1.807, 2.05) is 5.09 Å². The van der Waals surface area contributed by atoms with Crippen LogP contribution in [0.4, 0.5) is 0 Å². The number of aryl methyl sites for hydroxylation is 3. The molecule has 8 N–H and O–H groups in total. The predicted molar refractivity (Wildman–Crippen MR) is 270 cm³/mol. The van der Waals surface area contributed by atoms with Gasteiger partial charge in [-0.3, -0.25) is 61.7 Å². The van der Waals surface area contributed by atoms with Crippen LogP contribution in [0, 0.1) is 20.8 Å². The first-order valence-electron chi connectivity index (χ1n) is 21.9. The molecule has 75 heavy (non-hydrogen) atoms. The zero-order valence-corrected chi connectivity index (χ0v) is 43.5. The van der Waals surface area contributed by atoms with Crippen molar-refractivity contribution in [2.75, 3.05) is 26.9 Å². The molecule has 0 saturated heterocycles. The summed E-state index contributed by atoms with van der Waals surface area (Å²) < 4.78 is 66.8. The molecule has 6 heterocycles. The van der Waals surface area contributed by atoms with Crippen molar-refractivity contribution < 1.29 is 66.3 Å². The summed E-state index contributed by atoms with van der Waals surface area (Å²) in [5.74, 6) is -1.70. The quantitative estimate of drug-likeness (QED) is 0.0400. The summed E-state index contributed by atoms with van der Waals surface area (Å²) >= 11 is 3.31. The number of esters is 1. The molecule has 7 rings (SSSR count). The number of ether oxygens (including phenoxy) is 4. The van der Waals surface area contributed by atoms with Crippen LogP contribution in [-0.2, 0) is 46.7 Å².